The van der Waals surface area contributed by atoms with Crippen LogP contribution in [0.1, 0.15) is 60.7 Å². The highest BCUT2D eigenvalue weighted by Gasteiger charge is 2.34. The normalized spacial score (nSPS) is 18.0. The number of fused-ring (bicyclic) bond motifs is 1. The monoisotopic (exact) mass is 341 g/mol. The summed E-state index contributed by atoms with van der Waals surface area (Å²) in [5, 5.41) is 7.20. The molecule has 0 radical (unpaired) electrons. The van der Waals surface area contributed by atoms with Gasteiger partial charge >= 0.3 is 0 Å². The maximum absolute atomic E-state index is 13.0. The lowest BCUT2D eigenvalue weighted by molar-refractivity contribution is 0.0710. The molecule has 0 N–H and O–H groups in total. The van der Waals surface area contributed by atoms with Gasteiger partial charge in [-0.1, -0.05) is 19.0 Å². The van der Waals surface area contributed by atoms with Crippen LogP contribution in [0.15, 0.2) is 34.2 Å². The van der Waals surface area contributed by atoms with Crippen molar-refractivity contribution in [1.29, 1.82) is 0 Å². The Balaban J connectivity index is 1.62. The van der Waals surface area contributed by atoms with E-state index in [9.17, 15) is 4.79 Å². The van der Waals surface area contributed by atoms with Crippen molar-refractivity contribution in [2.24, 2.45) is 0 Å². The summed E-state index contributed by atoms with van der Waals surface area (Å²) in [6.45, 7) is 4.79. The zero-order valence-electron chi connectivity index (χ0n) is 13.7. The van der Waals surface area contributed by atoms with Crippen LogP contribution in [0.25, 0.3) is 10.1 Å². The van der Waals surface area contributed by atoms with E-state index in [1.165, 1.54) is 4.70 Å². The third-order valence-electron chi connectivity index (χ3n) is 4.47. The molecule has 1 aromatic carbocycles. The van der Waals surface area contributed by atoms with Gasteiger partial charge < -0.3 is 9.42 Å². The second-order valence-electron chi connectivity index (χ2n) is 6.48. The van der Waals surface area contributed by atoms with Crippen molar-refractivity contribution < 1.29 is 9.32 Å². The summed E-state index contributed by atoms with van der Waals surface area (Å²) in [6.07, 6.45) is 1.82. The largest absolute Gasteiger partial charge is 0.337 e. The number of nitrogens with zero attached hydrogens (tertiary/aromatic N) is 3. The van der Waals surface area contributed by atoms with Crippen molar-refractivity contribution in [3.63, 3.8) is 0 Å². The molecule has 1 fully saturated rings. The molecule has 3 heterocycles. The number of likely N-dealkylation sites (tertiary alicyclic amines) is 1. The van der Waals surface area contributed by atoms with Gasteiger partial charge in [-0.25, -0.2) is 0 Å². The fraction of sp³-hybridized carbons (Fsp3) is 0.389. The molecule has 1 aliphatic rings. The third kappa shape index (κ3) is 2.60. The number of hydrogen-bond acceptors (Lipinski definition) is 5. The topological polar surface area (TPSA) is 59.2 Å². The van der Waals surface area contributed by atoms with E-state index < -0.39 is 0 Å². The molecule has 0 spiro atoms. The van der Waals surface area contributed by atoms with Crippen molar-refractivity contribution in [1.82, 2.24) is 15.0 Å². The Morgan fingerprint density at radius 3 is 3.04 bits per heavy atom. The smallest absolute Gasteiger partial charge is 0.254 e. The molecule has 124 valence electrons. The Hall–Kier alpha value is -2.21. The Bertz CT molecular complexity index is 883. The van der Waals surface area contributed by atoms with Crippen LogP contribution in [-0.4, -0.2) is 27.5 Å². The number of thiophene rings is 1. The summed E-state index contributed by atoms with van der Waals surface area (Å²) in [7, 11) is 0. The molecule has 0 bridgehead atoms. The van der Waals surface area contributed by atoms with Gasteiger partial charge in [-0.2, -0.15) is 4.98 Å². The van der Waals surface area contributed by atoms with E-state index in [0.717, 1.165) is 30.3 Å². The molecule has 3 aromatic rings. The lowest BCUT2D eigenvalue weighted by Gasteiger charge is -2.22. The maximum Gasteiger partial charge on any atom is 0.254 e. The van der Waals surface area contributed by atoms with Crippen LogP contribution in [0.2, 0.25) is 0 Å². The number of rotatable bonds is 3. The summed E-state index contributed by atoms with van der Waals surface area (Å²) in [6, 6.07) is 7.82. The highest BCUT2D eigenvalue weighted by molar-refractivity contribution is 7.17. The summed E-state index contributed by atoms with van der Waals surface area (Å²) in [4.78, 5) is 19.3. The van der Waals surface area contributed by atoms with Crippen molar-refractivity contribution in [3.8, 4) is 0 Å². The number of aromatic nitrogens is 2. The molecule has 1 atom stereocenters. The number of hydrogen-bond donors (Lipinski definition) is 0. The highest BCUT2D eigenvalue weighted by atomic mass is 32.1. The van der Waals surface area contributed by atoms with Gasteiger partial charge in [0, 0.05) is 22.7 Å². The standard InChI is InChI=1S/C18H19N3O2S/c1-11(2)16-19-17(23-20-16)14-4-3-8-21(14)18(22)13-5-6-15-12(10-13)7-9-24-15/h5-7,9-11,14H,3-4,8H2,1-2H3/t14-/m1/s1. The average molecular weight is 341 g/mol. The van der Waals surface area contributed by atoms with E-state index in [2.05, 4.69) is 10.1 Å². The number of amides is 1. The van der Waals surface area contributed by atoms with Gasteiger partial charge in [0.25, 0.3) is 5.91 Å². The summed E-state index contributed by atoms with van der Waals surface area (Å²) in [5.74, 6) is 1.51. The number of carbonyl (C=O) groups is 1. The lowest BCUT2D eigenvalue weighted by Crippen LogP contribution is -2.30. The predicted molar refractivity (Wildman–Crippen MR) is 93.2 cm³/mol. The molecule has 1 aliphatic heterocycles. The van der Waals surface area contributed by atoms with Crippen LogP contribution in [0.5, 0.6) is 0 Å². The average Bonchev–Trinajstić information content (AvgIpc) is 3.31. The van der Waals surface area contributed by atoms with Crippen LogP contribution in [0, 0.1) is 0 Å². The second-order valence-corrected chi connectivity index (χ2v) is 7.42. The van der Waals surface area contributed by atoms with Crippen LogP contribution >= 0.6 is 11.3 Å². The first kappa shape index (κ1) is 15.3. The van der Waals surface area contributed by atoms with E-state index in [1.807, 2.05) is 48.4 Å². The minimum atomic E-state index is -0.115. The fourth-order valence-electron chi connectivity index (χ4n) is 3.15. The Kier molecular flexibility index (Phi) is 3.84. The van der Waals surface area contributed by atoms with E-state index in [-0.39, 0.29) is 17.9 Å². The van der Waals surface area contributed by atoms with Gasteiger partial charge in [-0.15, -0.1) is 11.3 Å². The molecule has 0 aliphatic carbocycles. The minimum absolute atomic E-state index is 0.0369. The Morgan fingerprint density at radius 2 is 2.25 bits per heavy atom. The molecule has 0 saturated carbocycles. The Labute approximate surface area is 144 Å². The Morgan fingerprint density at radius 1 is 1.38 bits per heavy atom. The molecule has 1 amide bonds. The van der Waals surface area contributed by atoms with Crippen LogP contribution < -0.4 is 0 Å². The summed E-state index contributed by atoms with van der Waals surface area (Å²) >= 11 is 1.68. The first-order valence-electron chi connectivity index (χ1n) is 8.25. The van der Waals surface area contributed by atoms with Gasteiger partial charge in [0.1, 0.15) is 6.04 Å². The third-order valence-corrected chi connectivity index (χ3v) is 5.37. The molecular weight excluding hydrogens is 322 g/mol. The van der Waals surface area contributed by atoms with Gasteiger partial charge in [-0.3, -0.25) is 4.79 Å². The minimum Gasteiger partial charge on any atom is -0.337 e. The van der Waals surface area contributed by atoms with Gasteiger partial charge in [-0.05, 0) is 47.9 Å². The number of carbonyl (C=O) groups excluding carboxylic acids is 1. The van der Waals surface area contributed by atoms with Crippen LogP contribution in [0.3, 0.4) is 0 Å². The lowest BCUT2D eigenvalue weighted by atomic mass is 10.1. The van der Waals surface area contributed by atoms with Crippen molar-refractivity contribution >= 4 is 27.3 Å². The molecule has 1 saturated heterocycles. The zero-order valence-corrected chi connectivity index (χ0v) is 14.5. The second kappa shape index (κ2) is 6.02. The quantitative estimate of drug-likeness (QED) is 0.709. The maximum atomic E-state index is 13.0. The van der Waals surface area contributed by atoms with Crippen molar-refractivity contribution in [2.45, 2.75) is 38.6 Å². The first-order valence-corrected chi connectivity index (χ1v) is 9.13. The van der Waals surface area contributed by atoms with E-state index in [1.54, 1.807) is 11.3 Å². The van der Waals surface area contributed by atoms with Crippen LogP contribution in [0.4, 0.5) is 0 Å². The summed E-state index contributed by atoms with van der Waals surface area (Å²) in [5.41, 5.74) is 0.719. The molecule has 5 nitrogen and oxygen atoms in total. The predicted octanol–water partition coefficient (Wildman–Crippen LogP) is 4.39. The van der Waals surface area contributed by atoms with Gasteiger partial charge in [0.2, 0.25) is 5.89 Å². The molecular formula is C18H19N3O2S. The van der Waals surface area contributed by atoms with Crippen LogP contribution in [-0.2, 0) is 0 Å². The highest BCUT2D eigenvalue weighted by Crippen LogP contribution is 2.33. The van der Waals surface area contributed by atoms with Gasteiger partial charge in [0.15, 0.2) is 5.82 Å². The molecule has 0 unspecified atom stereocenters. The molecule has 6 heteroatoms. The van der Waals surface area contributed by atoms with Crippen molar-refractivity contribution in [3.05, 3.63) is 46.9 Å². The SMILES string of the molecule is CC(C)c1noc([C@H]2CCCN2C(=O)c2ccc3sccc3c2)n1. The first-order chi connectivity index (χ1) is 11.6. The molecule has 4 rings (SSSR count). The van der Waals surface area contributed by atoms with E-state index >= 15 is 0 Å². The fourth-order valence-corrected chi connectivity index (χ4v) is 3.92. The molecule has 24 heavy (non-hydrogen) atoms. The summed E-state index contributed by atoms with van der Waals surface area (Å²) < 4.78 is 6.63. The van der Waals surface area contributed by atoms with E-state index in [0.29, 0.717) is 11.7 Å². The van der Waals surface area contributed by atoms with Gasteiger partial charge in [0.05, 0.1) is 0 Å². The zero-order chi connectivity index (χ0) is 16.7. The van der Waals surface area contributed by atoms with Crippen molar-refractivity contribution in [2.75, 3.05) is 6.54 Å². The molecule has 2 aromatic heterocycles. The van der Waals surface area contributed by atoms with E-state index in [4.69, 9.17) is 4.52 Å². The number of benzene rings is 1.